The lowest BCUT2D eigenvalue weighted by Crippen LogP contribution is -2.41. The number of carbonyl (C=O) groups is 1. The van der Waals surface area contributed by atoms with Crippen LogP contribution in [0.2, 0.25) is 0 Å². The molecule has 3 aromatic rings. The van der Waals surface area contributed by atoms with Crippen LogP contribution in [0.1, 0.15) is 47.2 Å². The molecular formula is C19H19F2N5O. The van der Waals surface area contributed by atoms with Crippen molar-refractivity contribution in [2.24, 2.45) is 0 Å². The molecule has 1 atom stereocenters. The van der Waals surface area contributed by atoms with E-state index in [0.29, 0.717) is 23.4 Å². The summed E-state index contributed by atoms with van der Waals surface area (Å²) in [6.07, 6.45) is 1.87. The lowest BCUT2D eigenvalue weighted by atomic mass is 10.1. The molecule has 0 bridgehead atoms. The number of rotatable bonds is 4. The van der Waals surface area contributed by atoms with Crippen molar-refractivity contribution in [3.63, 3.8) is 0 Å². The lowest BCUT2D eigenvalue weighted by Gasteiger charge is -2.32. The summed E-state index contributed by atoms with van der Waals surface area (Å²) in [4.78, 5) is 14.3. The standard InChI is InChI=1S/C19H19F2N5O/c1-13-11-24(18(27)15-8-5-9-25(15)19(20)21)12-17-23-22-16(26(13)17)10-14-6-3-2-4-7-14/h2-9,13,19H,10-12H2,1H3/t13-/m0/s1. The van der Waals surface area contributed by atoms with Gasteiger partial charge in [-0.05, 0) is 24.6 Å². The molecule has 0 saturated carbocycles. The van der Waals surface area contributed by atoms with Crippen LogP contribution in [-0.4, -0.2) is 36.7 Å². The molecule has 0 aliphatic carbocycles. The predicted octanol–water partition coefficient (Wildman–Crippen LogP) is 3.28. The van der Waals surface area contributed by atoms with Crippen LogP contribution in [0.5, 0.6) is 0 Å². The second-order valence-corrected chi connectivity index (χ2v) is 6.68. The Morgan fingerprint density at radius 2 is 1.96 bits per heavy atom. The summed E-state index contributed by atoms with van der Waals surface area (Å²) >= 11 is 0. The number of hydrogen-bond acceptors (Lipinski definition) is 3. The van der Waals surface area contributed by atoms with Crippen molar-refractivity contribution in [1.29, 1.82) is 0 Å². The Morgan fingerprint density at radius 3 is 2.70 bits per heavy atom. The van der Waals surface area contributed by atoms with E-state index in [1.54, 1.807) is 4.90 Å². The van der Waals surface area contributed by atoms with Gasteiger partial charge in [0.25, 0.3) is 5.91 Å². The third-order valence-electron chi connectivity index (χ3n) is 4.80. The Bertz CT molecular complexity index is 950. The summed E-state index contributed by atoms with van der Waals surface area (Å²) < 4.78 is 28.9. The molecule has 0 saturated heterocycles. The molecule has 1 amide bonds. The summed E-state index contributed by atoms with van der Waals surface area (Å²) in [6, 6.07) is 12.8. The Kier molecular flexibility index (Phi) is 4.47. The molecule has 27 heavy (non-hydrogen) atoms. The van der Waals surface area contributed by atoms with Crippen LogP contribution in [-0.2, 0) is 13.0 Å². The van der Waals surface area contributed by atoms with Crippen LogP contribution in [0.4, 0.5) is 8.78 Å². The zero-order valence-corrected chi connectivity index (χ0v) is 14.8. The second kappa shape index (κ2) is 6.94. The highest BCUT2D eigenvalue weighted by atomic mass is 19.3. The van der Waals surface area contributed by atoms with E-state index in [1.807, 2.05) is 41.8 Å². The molecule has 0 N–H and O–H groups in total. The topological polar surface area (TPSA) is 56.0 Å². The van der Waals surface area contributed by atoms with Gasteiger partial charge in [-0.1, -0.05) is 30.3 Å². The fourth-order valence-corrected chi connectivity index (χ4v) is 3.57. The molecule has 0 spiro atoms. The van der Waals surface area contributed by atoms with Gasteiger partial charge in [0.15, 0.2) is 5.82 Å². The van der Waals surface area contributed by atoms with Gasteiger partial charge in [0.2, 0.25) is 0 Å². The summed E-state index contributed by atoms with van der Waals surface area (Å²) in [5, 5.41) is 8.53. The molecule has 4 rings (SSSR count). The maximum absolute atomic E-state index is 13.1. The van der Waals surface area contributed by atoms with Crippen molar-refractivity contribution in [3.8, 4) is 0 Å². The van der Waals surface area contributed by atoms with E-state index in [-0.39, 0.29) is 18.3 Å². The summed E-state index contributed by atoms with van der Waals surface area (Å²) in [5.74, 6) is 1.08. The largest absolute Gasteiger partial charge is 0.328 e. The van der Waals surface area contributed by atoms with E-state index < -0.39 is 12.5 Å². The highest BCUT2D eigenvalue weighted by Crippen LogP contribution is 2.25. The monoisotopic (exact) mass is 371 g/mol. The molecule has 8 heteroatoms. The van der Waals surface area contributed by atoms with Gasteiger partial charge >= 0.3 is 6.55 Å². The van der Waals surface area contributed by atoms with E-state index in [2.05, 4.69) is 10.2 Å². The SMILES string of the molecule is C[C@H]1CN(C(=O)c2cccn2C(F)F)Cc2nnc(Cc3ccccc3)n21. The second-order valence-electron chi connectivity index (χ2n) is 6.68. The predicted molar refractivity (Wildman–Crippen MR) is 94.4 cm³/mol. The third-order valence-corrected chi connectivity index (χ3v) is 4.80. The lowest BCUT2D eigenvalue weighted by molar-refractivity contribution is 0.0526. The maximum Gasteiger partial charge on any atom is 0.319 e. The van der Waals surface area contributed by atoms with E-state index in [1.165, 1.54) is 18.3 Å². The minimum Gasteiger partial charge on any atom is -0.328 e. The smallest absolute Gasteiger partial charge is 0.319 e. The van der Waals surface area contributed by atoms with Gasteiger partial charge in [0.05, 0.1) is 12.6 Å². The van der Waals surface area contributed by atoms with Crippen LogP contribution >= 0.6 is 0 Å². The van der Waals surface area contributed by atoms with Gasteiger partial charge in [-0.2, -0.15) is 8.78 Å². The molecule has 1 aliphatic heterocycles. The average Bonchev–Trinajstić information content (AvgIpc) is 3.29. The summed E-state index contributed by atoms with van der Waals surface area (Å²) in [7, 11) is 0. The molecule has 0 unspecified atom stereocenters. The van der Waals surface area contributed by atoms with Gasteiger partial charge in [-0.25, -0.2) is 0 Å². The Balaban J connectivity index is 1.57. The summed E-state index contributed by atoms with van der Waals surface area (Å²) in [5.41, 5.74) is 1.11. The van der Waals surface area contributed by atoms with Crippen molar-refractivity contribution in [3.05, 3.63) is 71.6 Å². The molecule has 140 valence electrons. The van der Waals surface area contributed by atoms with E-state index in [9.17, 15) is 13.6 Å². The van der Waals surface area contributed by atoms with Gasteiger partial charge in [0.1, 0.15) is 11.5 Å². The molecular weight excluding hydrogens is 352 g/mol. The van der Waals surface area contributed by atoms with Crippen molar-refractivity contribution in [2.45, 2.75) is 32.5 Å². The normalized spacial score (nSPS) is 16.6. The van der Waals surface area contributed by atoms with Crippen LogP contribution in [0.25, 0.3) is 0 Å². The minimum absolute atomic E-state index is 0.0188. The molecule has 0 fully saturated rings. The van der Waals surface area contributed by atoms with Gasteiger partial charge in [0, 0.05) is 19.2 Å². The first-order valence-corrected chi connectivity index (χ1v) is 8.75. The third kappa shape index (κ3) is 3.22. The van der Waals surface area contributed by atoms with Gasteiger partial charge in [-0.15, -0.1) is 10.2 Å². The molecule has 3 heterocycles. The highest BCUT2D eigenvalue weighted by molar-refractivity contribution is 5.92. The Morgan fingerprint density at radius 1 is 1.19 bits per heavy atom. The first kappa shape index (κ1) is 17.4. The van der Waals surface area contributed by atoms with Gasteiger partial charge < -0.3 is 9.47 Å². The van der Waals surface area contributed by atoms with Crippen molar-refractivity contribution in [2.75, 3.05) is 6.54 Å². The highest BCUT2D eigenvalue weighted by Gasteiger charge is 2.31. The number of nitrogens with zero attached hydrogens (tertiary/aromatic N) is 5. The van der Waals surface area contributed by atoms with Crippen LogP contribution in [0.3, 0.4) is 0 Å². The van der Waals surface area contributed by atoms with E-state index in [0.717, 1.165) is 11.4 Å². The van der Waals surface area contributed by atoms with Crippen molar-refractivity contribution < 1.29 is 13.6 Å². The van der Waals surface area contributed by atoms with E-state index >= 15 is 0 Å². The fraction of sp³-hybridized carbons (Fsp3) is 0.316. The van der Waals surface area contributed by atoms with Crippen molar-refractivity contribution in [1.82, 2.24) is 24.2 Å². The average molecular weight is 371 g/mol. The Labute approximate surface area is 155 Å². The van der Waals surface area contributed by atoms with Gasteiger partial charge in [-0.3, -0.25) is 9.36 Å². The number of amides is 1. The number of halogens is 2. The number of benzene rings is 1. The number of carbonyl (C=O) groups excluding carboxylic acids is 1. The maximum atomic E-state index is 13.1. The number of alkyl halides is 2. The zero-order valence-electron chi connectivity index (χ0n) is 14.8. The molecule has 2 aromatic heterocycles. The van der Waals surface area contributed by atoms with Crippen LogP contribution in [0.15, 0.2) is 48.7 Å². The first-order chi connectivity index (χ1) is 13.0. The van der Waals surface area contributed by atoms with Crippen LogP contribution < -0.4 is 0 Å². The number of aromatic nitrogens is 4. The minimum atomic E-state index is -2.75. The first-order valence-electron chi connectivity index (χ1n) is 8.75. The fourth-order valence-electron chi connectivity index (χ4n) is 3.57. The Hall–Kier alpha value is -3.03. The molecule has 6 nitrogen and oxygen atoms in total. The number of fused-ring (bicyclic) bond motifs is 1. The summed E-state index contributed by atoms with van der Waals surface area (Å²) in [6.45, 7) is -0.103. The van der Waals surface area contributed by atoms with Crippen LogP contribution in [0, 0.1) is 0 Å². The molecule has 0 radical (unpaired) electrons. The van der Waals surface area contributed by atoms with Crippen molar-refractivity contribution >= 4 is 5.91 Å². The number of hydrogen-bond donors (Lipinski definition) is 0. The molecule has 1 aliphatic rings. The molecule has 1 aromatic carbocycles. The quantitative estimate of drug-likeness (QED) is 0.707. The van der Waals surface area contributed by atoms with E-state index in [4.69, 9.17) is 0 Å². The zero-order chi connectivity index (χ0) is 19.0.